The lowest BCUT2D eigenvalue weighted by Gasteiger charge is -2.38. The number of hydrogen-bond donors (Lipinski definition) is 1. The van der Waals surface area contributed by atoms with Crippen molar-refractivity contribution in [3.05, 3.63) is 65.0 Å². The summed E-state index contributed by atoms with van der Waals surface area (Å²) in [5.74, 6) is 0.744. The van der Waals surface area contributed by atoms with Crippen molar-refractivity contribution < 1.29 is 18.7 Å². The Morgan fingerprint density at radius 1 is 1.12 bits per heavy atom. The van der Waals surface area contributed by atoms with Gasteiger partial charge in [0.1, 0.15) is 11.6 Å². The number of carbonyl (C=O) groups excluding carboxylic acids is 2. The van der Waals surface area contributed by atoms with Crippen LogP contribution in [0.4, 0.5) is 4.39 Å². The summed E-state index contributed by atoms with van der Waals surface area (Å²) in [5, 5.41) is 2.94. The summed E-state index contributed by atoms with van der Waals surface area (Å²) in [5.41, 5.74) is 2.76. The number of carbonyl (C=O) groups is 2. The number of fused-ring (bicyclic) bond motifs is 1. The maximum Gasteiger partial charge on any atom is 0.261 e. The SMILES string of the molecule is CC[C@@H](Oc1ccc2c(c1)[C@H](c1cccc(F)c1)N(C(=O)CC(C)C)CC2)C(=O)NCC(C)C. The Balaban J connectivity index is 1.95. The minimum atomic E-state index is -0.605. The summed E-state index contributed by atoms with van der Waals surface area (Å²) in [6.45, 7) is 11.2. The van der Waals surface area contributed by atoms with Crippen molar-refractivity contribution in [3.63, 3.8) is 0 Å². The molecule has 2 aromatic rings. The Labute approximate surface area is 202 Å². The minimum Gasteiger partial charge on any atom is -0.481 e. The zero-order chi connectivity index (χ0) is 24.8. The summed E-state index contributed by atoms with van der Waals surface area (Å²) < 4.78 is 20.3. The average molecular weight is 469 g/mol. The van der Waals surface area contributed by atoms with Crippen molar-refractivity contribution in [2.75, 3.05) is 13.1 Å². The Hall–Kier alpha value is -2.89. The number of ether oxygens (including phenoxy) is 1. The van der Waals surface area contributed by atoms with Gasteiger partial charge in [-0.3, -0.25) is 9.59 Å². The fourth-order valence-corrected chi connectivity index (χ4v) is 4.34. The van der Waals surface area contributed by atoms with E-state index in [1.54, 1.807) is 6.07 Å². The molecular weight excluding hydrogens is 431 g/mol. The maximum atomic E-state index is 14.2. The molecule has 1 N–H and O–H groups in total. The van der Waals surface area contributed by atoms with Gasteiger partial charge < -0.3 is 15.0 Å². The van der Waals surface area contributed by atoms with Crippen molar-refractivity contribution in [3.8, 4) is 5.75 Å². The molecule has 2 aromatic carbocycles. The molecule has 0 aliphatic carbocycles. The predicted octanol–water partition coefficient (Wildman–Crippen LogP) is 5.28. The third-order valence-corrected chi connectivity index (χ3v) is 6.04. The number of nitrogens with one attached hydrogen (secondary N) is 1. The van der Waals surface area contributed by atoms with Gasteiger partial charge in [-0.25, -0.2) is 4.39 Å². The molecule has 184 valence electrons. The van der Waals surface area contributed by atoms with E-state index in [2.05, 4.69) is 5.32 Å². The zero-order valence-electron chi connectivity index (χ0n) is 20.9. The van der Waals surface area contributed by atoms with Crippen molar-refractivity contribution in [2.24, 2.45) is 11.8 Å². The predicted molar refractivity (Wildman–Crippen MR) is 132 cm³/mol. The zero-order valence-corrected chi connectivity index (χ0v) is 20.9. The molecule has 1 heterocycles. The van der Waals surface area contributed by atoms with Crippen LogP contribution < -0.4 is 10.1 Å². The first-order chi connectivity index (χ1) is 16.2. The third kappa shape index (κ3) is 6.37. The first-order valence-corrected chi connectivity index (χ1v) is 12.3. The molecule has 34 heavy (non-hydrogen) atoms. The van der Waals surface area contributed by atoms with Crippen molar-refractivity contribution >= 4 is 11.8 Å². The molecule has 2 amide bonds. The number of rotatable bonds is 9. The van der Waals surface area contributed by atoms with Crippen LogP contribution in [0.5, 0.6) is 5.75 Å². The normalized spacial score (nSPS) is 16.4. The molecular formula is C28H37FN2O3. The summed E-state index contributed by atoms with van der Waals surface area (Å²) in [4.78, 5) is 27.6. The van der Waals surface area contributed by atoms with Crippen LogP contribution >= 0.6 is 0 Å². The second-order valence-corrected chi connectivity index (χ2v) is 9.91. The molecule has 2 atom stereocenters. The van der Waals surface area contributed by atoms with Gasteiger partial charge in [0.15, 0.2) is 6.10 Å². The standard InChI is InChI=1S/C28H37FN2O3/c1-6-25(28(33)30-17-19(4)5)34-23-11-10-20-12-13-31(26(32)14-18(2)3)27(24(20)16-23)21-8-7-9-22(29)15-21/h7-11,15-16,18-19,25,27H,6,12-14,17H2,1-5H3,(H,30,33)/t25-,27+/m1/s1. The second-order valence-electron chi connectivity index (χ2n) is 9.91. The van der Waals surface area contributed by atoms with Crippen LogP contribution in [0.3, 0.4) is 0 Å². The molecule has 0 spiro atoms. The lowest BCUT2D eigenvalue weighted by molar-refractivity contribution is -0.134. The minimum absolute atomic E-state index is 0.0562. The van der Waals surface area contributed by atoms with Gasteiger partial charge in [-0.1, -0.05) is 52.8 Å². The molecule has 0 aromatic heterocycles. The van der Waals surface area contributed by atoms with Gasteiger partial charge in [0.2, 0.25) is 5.91 Å². The van der Waals surface area contributed by atoms with E-state index in [9.17, 15) is 14.0 Å². The van der Waals surface area contributed by atoms with E-state index in [0.29, 0.717) is 37.6 Å². The average Bonchev–Trinajstić information content (AvgIpc) is 2.79. The quantitative estimate of drug-likeness (QED) is 0.545. The van der Waals surface area contributed by atoms with Crippen LogP contribution in [0.1, 0.15) is 70.2 Å². The van der Waals surface area contributed by atoms with Crippen LogP contribution in [0.2, 0.25) is 0 Å². The number of nitrogens with zero attached hydrogens (tertiary/aromatic N) is 1. The van der Waals surface area contributed by atoms with Gasteiger partial charge in [-0.2, -0.15) is 0 Å². The van der Waals surface area contributed by atoms with Gasteiger partial charge in [0.05, 0.1) is 6.04 Å². The van der Waals surface area contributed by atoms with Crippen LogP contribution in [0, 0.1) is 17.7 Å². The summed E-state index contributed by atoms with van der Waals surface area (Å²) in [6.07, 6.45) is 1.09. The Kier molecular flexibility index (Phi) is 8.70. The Morgan fingerprint density at radius 3 is 2.53 bits per heavy atom. The largest absolute Gasteiger partial charge is 0.481 e. The highest BCUT2D eigenvalue weighted by molar-refractivity contribution is 5.81. The molecule has 0 fully saturated rings. The Morgan fingerprint density at radius 2 is 1.88 bits per heavy atom. The monoisotopic (exact) mass is 468 g/mol. The van der Waals surface area contributed by atoms with Gasteiger partial charge in [0, 0.05) is 19.5 Å². The summed E-state index contributed by atoms with van der Waals surface area (Å²) in [7, 11) is 0. The van der Waals surface area contributed by atoms with Crippen LogP contribution in [0.25, 0.3) is 0 Å². The molecule has 5 nitrogen and oxygen atoms in total. The van der Waals surface area contributed by atoms with E-state index in [1.807, 2.05) is 63.8 Å². The Bertz CT molecular complexity index is 1000. The van der Waals surface area contributed by atoms with Gasteiger partial charge in [0.25, 0.3) is 5.91 Å². The molecule has 6 heteroatoms. The summed E-state index contributed by atoms with van der Waals surface area (Å²) in [6, 6.07) is 11.8. The maximum absolute atomic E-state index is 14.2. The molecule has 0 radical (unpaired) electrons. The third-order valence-electron chi connectivity index (χ3n) is 6.04. The highest BCUT2D eigenvalue weighted by atomic mass is 19.1. The molecule has 0 unspecified atom stereocenters. The smallest absolute Gasteiger partial charge is 0.261 e. The van der Waals surface area contributed by atoms with E-state index < -0.39 is 12.1 Å². The summed E-state index contributed by atoms with van der Waals surface area (Å²) >= 11 is 0. The first kappa shape index (κ1) is 25.7. The second kappa shape index (κ2) is 11.5. The molecule has 1 aliphatic rings. The molecule has 1 aliphatic heterocycles. The van der Waals surface area contributed by atoms with E-state index >= 15 is 0 Å². The number of benzene rings is 2. The lowest BCUT2D eigenvalue weighted by Crippen LogP contribution is -2.41. The van der Waals surface area contributed by atoms with Crippen molar-refractivity contribution in [1.82, 2.24) is 10.2 Å². The van der Waals surface area contributed by atoms with Crippen molar-refractivity contribution in [1.29, 1.82) is 0 Å². The van der Waals surface area contributed by atoms with Crippen molar-refractivity contribution in [2.45, 2.75) is 66.0 Å². The van der Waals surface area contributed by atoms with Gasteiger partial charge in [-0.05, 0) is 65.6 Å². The van der Waals surface area contributed by atoms with Crippen LogP contribution in [-0.2, 0) is 16.0 Å². The highest BCUT2D eigenvalue weighted by Crippen LogP contribution is 2.38. The van der Waals surface area contributed by atoms with E-state index in [4.69, 9.17) is 4.74 Å². The molecule has 0 bridgehead atoms. The van der Waals surface area contributed by atoms with Crippen LogP contribution in [0.15, 0.2) is 42.5 Å². The van der Waals surface area contributed by atoms with Gasteiger partial charge in [-0.15, -0.1) is 0 Å². The van der Waals surface area contributed by atoms with E-state index in [1.165, 1.54) is 12.1 Å². The van der Waals surface area contributed by atoms with Crippen LogP contribution in [-0.4, -0.2) is 35.9 Å². The fourth-order valence-electron chi connectivity index (χ4n) is 4.34. The lowest BCUT2D eigenvalue weighted by atomic mass is 9.87. The number of hydrogen-bond acceptors (Lipinski definition) is 3. The molecule has 3 rings (SSSR count). The fraction of sp³-hybridized carbons (Fsp3) is 0.500. The number of amides is 2. The van der Waals surface area contributed by atoms with E-state index in [0.717, 1.165) is 23.1 Å². The highest BCUT2D eigenvalue weighted by Gasteiger charge is 2.33. The first-order valence-electron chi connectivity index (χ1n) is 12.3. The molecule has 0 saturated heterocycles. The van der Waals surface area contributed by atoms with Gasteiger partial charge >= 0.3 is 0 Å². The topological polar surface area (TPSA) is 58.6 Å². The number of halogens is 1. The van der Waals surface area contributed by atoms with E-state index in [-0.39, 0.29) is 23.5 Å². The molecule has 0 saturated carbocycles.